The average molecular weight is 278 g/mol. The standard InChI is InChI=1S/C14H12F2N2S/c1-9(14-3-2-4-19-14)18-8-11-12(15)5-10(7-17)6-13(11)16/h2-6,9,18H,8H2,1H3. The summed E-state index contributed by atoms with van der Waals surface area (Å²) in [6.07, 6.45) is 0. The van der Waals surface area contributed by atoms with Gasteiger partial charge in [0.15, 0.2) is 0 Å². The van der Waals surface area contributed by atoms with Gasteiger partial charge in [0.05, 0.1) is 11.6 Å². The molecule has 0 amide bonds. The number of hydrogen-bond donors (Lipinski definition) is 1. The Hall–Kier alpha value is -1.77. The lowest BCUT2D eigenvalue weighted by Gasteiger charge is -2.13. The lowest BCUT2D eigenvalue weighted by Crippen LogP contribution is -2.19. The summed E-state index contributed by atoms with van der Waals surface area (Å²) in [4.78, 5) is 1.11. The van der Waals surface area contributed by atoms with Crippen LogP contribution in [0.3, 0.4) is 0 Å². The van der Waals surface area contributed by atoms with Crippen molar-refractivity contribution in [3.8, 4) is 6.07 Å². The Labute approximate surface area is 114 Å². The highest BCUT2D eigenvalue weighted by Gasteiger charge is 2.13. The molecule has 1 aromatic carbocycles. The van der Waals surface area contributed by atoms with Crippen LogP contribution in [0.4, 0.5) is 8.78 Å². The molecule has 1 unspecified atom stereocenters. The number of nitrogens with one attached hydrogen (secondary N) is 1. The van der Waals surface area contributed by atoms with Crippen molar-refractivity contribution in [2.75, 3.05) is 0 Å². The Morgan fingerprint density at radius 3 is 2.58 bits per heavy atom. The first-order valence-corrected chi connectivity index (χ1v) is 6.64. The third kappa shape index (κ3) is 3.16. The van der Waals surface area contributed by atoms with Crippen molar-refractivity contribution in [3.63, 3.8) is 0 Å². The monoisotopic (exact) mass is 278 g/mol. The van der Waals surface area contributed by atoms with Crippen LogP contribution in [0.25, 0.3) is 0 Å². The second kappa shape index (κ2) is 5.91. The van der Waals surface area contributed by atoms with E-state index in [0.717, 1.165) is 17.0 Å². The summed E-state index contributed by atoms with van der Waals surface area (Å²) in [5.41, 5.74) is -0.0486. The number of rotatable bonds is 4. The number of hydrogen-bond acceptors (Lipinski definition) is 3. The van der Waals surface area contributed by atoms with E-state index in [-0.39, 0.29) is 23.7 Å². The van der Waals surface area contributed by atoms with Crippen LogP contribution >= 0.6 is 11.3 Å². The molecule has 2 aromatic rings. The Balaban J connectivity index is 2.10. The number of halogens is 2. The van der Waals surface area contributed by atoms with Gasteiger partial charge in [0, 0.05) is 23.0 Å². The molecular weight excluding hydrogens is 266 g/mol. The summed E-state index contributed by atoms with van der Waals surface area (Å²) in [5, 5.41) is 13.6. The third-order valence-corrected chi connectivity index (χ3v) is 3.88. The maximum absolute atomic E-state index is 13.7. The molecule has 0 aliphatic heterocycles. The zero-order chi connectivity index (χ0) is 13.8. The van der Waals surface area contributed by atoms with E-state index >= 15 is 0 Å². The largest absolute Gasteiger partial charge is 0.305 e. The second-order valence-corrected chi connectivity index (χ2v) is 5.13. The normalized spacial score (nSPS) is 12.1. The Kier molecular flexibility index (Phi) is 4.25. The zero-order valence-electron chi connectivity index (χ0n) is 10.3. The Bertz CT molecular complexity index is 579. The Morgan fingerprint density at radius 1 is 1.37 bits per heavy atom. The molecule has 0 spiro atoms. The van der Waals surface area contributed by atoms with E-state index in [1.54, 1.807) is 17.4 Å². The molecule has 1 aromatic heterocycles. The number of nitriles is 1. The topological polar surface area (TPSA) is 35.8 Å². The van der Waals surface area contributed by atoms with Crippen LogP contribution in [-0.4, -0.2) is 0 Å². The van der Waals surface area contributed by atoms with Gasteiger partial charge in [0.1, 0.15) is 11.6 Å². The number of thiophene rings is 1. The van der Waals surface area contributed by atoms with Gasteiger partial charge < -0.3 is 5.32 Å². The van der Waals surface area contributed by atoms with Crippen LogP contribution in [0.2, 0.25) is 0 Å². The molecule has 98 valence electrons. The Morgan fingerprint density at radius 2 is 2.05 bits per heavy atom. The summed E-state index contributed by atoms with van der Waals surface area (Å²) in [6, 6.07) is 7.75. The van der Waals surface area contributed by atoms with Crippen molar-refractivity contribution in [2.45, 2.75) is 19.5 Å². The first-order valence-electron chi connectivity index (χ1n) is 5.76. The predicted octanol–water partition coefficient (Wildman–Crippen LogP) is 3.75. The quantitative estimate of drug-likeness (QED) is 0.924. The van der Waals surface area contributed by atoms with Crippen LogP contribution in [-0.2, 0) is 6.54 Å². The lowest BCUT2D eigenvalue weighted by atomic mass is 10.1. The molecule has 0 fully saturated rings. The highest BCUT2D eigenvalue weighted by Crippen LogP contribution is 2.20. The van der Waals surface area contributed by atoms with Gasteiger partial charge in [-0.1, -0.05) is 6.07 Å². The van der Waals surface area contributed by atoms with E-state index in [1.807, 2.05) is 24.4 Å². The molecule has 0 aliphatic carbocycles. The van der Waals surface area contributed by atoms with Gasteiger partial charge in [-0.25, -0.2) is 8.78 Å². The van der Waals surface area contributed by atoms with E-state index in [1.165, 1.54) is 0 Å². The van der Waals surface area contributed by atoms with E-state index in [0.29, 0.717) is 0 Å². The molecule has 1 heterocycles. The number of benzene rings is 1. The minimum atomic E-state index is -0.692. The molecule has 1 atom stereocenters. The molecule has 0 bridgehead atoms. The van der Waals surface area contributed by atoms with Gasteiger partial charge in [0.25, 0.3) is 0 Å². The lowest BCUT2D eigenvalue weighted by molar-refractivity contribution is 0.511. The van der Waals surface area contributed by atoms with Gasteiger partial charge in [-0.15, -0.1) is 11.3 Å². The van der Waals surface area contributed by atoms with Gasteiger partial charge in [-0.3, -0.25) is 0 Å². The minimum Gasteiger partial charge on any atom is -0.305 e. The molecule has 0 saturated heterocycles. The summed E-state index contributed by atoms with van der Waals surface area (Å²) in [6.45, 7) is 2.02. The maximum atomic E-state index is 13.7. The van der Waals surface area contributed by atoms with Crippen LogP contribution in [0.15, 0.2) is 29.6 Å². The maximum Gasteiger partial charge on any atom is 0.131 e. The molecule has 0 saturated carbocycles. The van der Waals surface area contributed by atoms with Crippen molar-refractivity contribution in [3.05, 3.63) is 57.3 Å². The van der Waals surface area contributed by atoms with Crippen molar-refractivity contribution in [1.29, 1.82) is 5.26 Å². The first kappa shape index (κ1) is 13.7. The van der Waals surface area contributed by atoms with Gasteiger partial charge >= 0.3 is 0 Å². The molecular formula is C14H12F2N2S. The zero-order valence-corrected chi connectivity index (χ0v) is 11.1. The van der Waals surface area contributed by atoms with Crippen LogP contribution in [0.1, 0.15) is 29.0 Å². The molecule has 0 radical (unpaired) electrons. The third-order valence-electron chi connectivity index (χ3n) is 2.83. The minimum absolute atomic E-state index is 0.00921. The molecule has 2 nitrogen and oxygen atoms in total. The van der Waals surface area contributed by atoms with Crippen molar-refractivity contribution < 1.29 is 8.78 Å². The van der Waals surface area contributed by atoms with Crippen LogP contribution in [0, 0.1) is 23.0 Å². The first-order chi connectivity index (χ1) is 9.11. The fraction of sp³-hybridized carbons (Fsp3) is 0.214. The summed E-state index contributed by atoms with van der Waals surface area (Å²) in [7, 11) is 0. The highest BCUT2D eigenvalue weighted by atomic mass is 32.1. The molecule has 5 heteroatoms. The van der Waals surface area contributed by atoms with Crippen molar-refractivity contribution in [1.82, 2.24) is 5.32 Å². The molecule has 2 rings (SSSR count). The van der Waals surface area contributed by atoms with Gasteiger partial charge in [0.2, 0.25) is 0 Å². The summed E-state index contributed by atoms with van der Waals surface area (Å²) < 4.78 is 27.3. The smallest absolute Gasteiger partial charge is 0.131 e. The molecule has 19 heavy (non-hydrogen) atoms. The van der Waals surface area contributed by atoms with Crippen molar-refractivity contribution in [2.24, 2.45) is 0 Å². The van der Waals surface area contributed by atoms with E-state index in [2.05, 4.69) is 5.32 Å². The molecule has 1 N–H and O–H groups in total. The van der Waals surface area contributed by atoms with E-state index in [4.69, 9.17) is 5.26 Å². The second-order valence-electron chi connectivity index (χ2n) is 4.15. The van der Waals surface area contributed by atoms with Gasteiger partial charge in [-0.05, 0) is 30.5 Å². The highest BCUT2D eigenvalue weighted by molar-refractivity contribution is 7.10. The predicted molar refractivity (Wildman–Crippen MR) is 70.6 cm³/mol. The van der Waals surface area contributed by atoms with Crippen LogP contribution < -0.4 is 5.32 Å². The van der Waals surface area contributed by atoms with Gasteiger partial charge in [-0.2, -0.15) is 5.26 Å². The fourth-order valence-electron chi connectivity index (χ4n) is 1.73. The van der Waals surface area contributed by atoms with Crippen LogP contribution in [0.5, 0.6) is 0 Å². The summed E-state index contributed by atoms with van der Waals surface area (Å²) in [5.74, 6) is -1.38. The van der Waals surface area contributed by atoms with E-state index in [9.17, 15) is 8.78 Å². The van der Waals surface area contributed by atoms with E-state index < -0.39 is 11.6 Å². The average Bonchev–Trinajstić information content (AvgIpc) is 2.91. The fourth-order valence-corrected chi connectivity index (χ4v) is 2.49. The molecule has 0 aliphatic rings. The van der Waals surface area contributed by atoms with Crippen molar-refractivity contribution >= 4 is 11.3 Å². The SMILES string of the molecule is CC(NCc1c(F)cc(C#N)cc1F)c1cccs1. The number of nitrogens with zero attached hydrogens (tertiary/aromatic N) is 1. The summed E-state index contributed by atoms with van der Waals surface area (Å²) >= 11 is 1.59.